The molecule has 6 nitrogen and oxygen atoms in total. The number of carbonyl (C=O) groups is 2. The van der Waals surface area contributed by atoms with Crippen LogP contribution in [-0.4, -0.2) is 21.4 Å². The summed E-state index contributed by atoms with van der Waals surface area (Å²) >= 11 is 0. The van der Waals surface area contributed by atoms with Crippen LogP contribution >= 0.6 is 0 Å². The minimum absolute atomic E-state index is 0.134. The van der Waals surface area contributed by atoms with Gasteiger partial charge >= 0.3 is 0 Å². The number of rotatable bonds is 3. The standard InChI is InChI=1S/C18H18N4O2/c1-11-19-16-10-13(4-9-17(16)22(11)3)18(24)21-15-7-5-14(6-8-15)20-12(2)23/h4-10H,1-3H3,(H,20,23)(H,21,24). The van der Waals surface area contributed by atoms with E-state index in [2.05, 4.69) is 15.6 Å². The summed E-state index contributed by atoms with van der Waals surface area (Å²) in [6.45, 7) is 3.38. The monoisotopic (exact) mass is 322 g/mol. The average molecular weight is 322 g/mol. The summed E-state index contributed by atoms with van der Waals surface area (Å²) in [5.74, 6) is 0.564. The molecule has 3 aromatic rings. The van der Waals surface area contributed by atoms with Crippen molar-refractivity contribution in [3.8, 4) is 0 Å². The number of benzene rings is 2. The van der Waals surface area contributed by atoms with Crippen molar-refractivity contribution in [2.24, 2.45) is 7.05 Å². The molecule has 2 amide bonds. The number of hydrogen-bond acceptors (Lipinski definition) is 3. The number of aryl methyl sites for hydroxylation is 2. The molecule has 0 radical (unpaired) electrons. The fourth-order valence-corrected chi connectivity index (χ4v) is 2.50. The third-order valence-electron chi connectivity index (χ3n) is 3.83. The van der Waals surface area contributed by atoms with Crippen LogP contribution in [0.3, 0.4) is 0 Å². The Kier molecular flexibility index (Phi) is 4.04. The van der Waals surface area contributed by atoms with Crippen LogP contribution in [0, 0.1) is 6.92 Å². The lowest BCUT2D eigenvalue weighted by Crippen LogP contribution is -2.12. The molecule has 2 aromatic carbocycles. The van der Waals surface area contributed by atoms with E-state index in [4.69, 9.17) is 0 Å². The van der Waals surface area contributed by atoms with Crippen molar-refractivity contribution in [2.45, 2.75) is 13.8 Å². The number of carbonyl (C=O) groups excluding carboxylic acids is 2. The molecule has 0 fully saturated rings. The number of nitrogens with one attached hydrogen (secondary N) is 2. The van der Waals surface area contributed by atoms with Gasteiger partial charge in [-0.3, -0.25) is 9.59 Å². The fourth-order valence-electron chi connectivity index (χ4n) is 2.50. The molecule has 0 aliphatic rings. The van der Waals surface area contributed by atoms with E-state index in [-0.39, 0.29) is 11.8 Å². The van der Waals surface area contributed by atoms with E-state index in [1.807, 2.05) is 24.6 Å². The van der Waals surface area contributed by atoms with Crippen molar-refractivity contribution < 1.29 is 9.59 Å². The molecule has 1 aromatic heterocycles. The summed E-state index contributed by atoms with van der Waals surface area (Å²) in [5, 5.41) is 5.52. The number of amides is 2. The predicted octanol–water partition coefficient (Wildman–Crippen LogP) is 3.09. The van der Waals surface area contributed by atoms with E-state index >= 15 is 0 Å². The minimum atomic E-state index is -0.201. The van der Waals surface area contributed by atoms with Crippen molar-refractivity contribution in [2.75, 3.05) is 10.6 Å². The zero-order valence-electron chi connectivity index (χ0n) is 13.8. The zero-order chi connectivity index (χ0) is 17.3. The van der Waals surface area contributed by atoms with Gasteiger partial charge in [0.25, 0.3) is 5.91 Å². The van der Waals surface area contributed by atoms with Gasteiger partial charge in [-0.1, -0.05) is 0 Å². The first-order valence-corrected chi connectivity index (χ1v) is 7.56. The van der Waals surface area contributed by atoms with Gasteiger partial charge in [0.2, 0.25) is 5.91 Å². The Labute approximate surface area is 139 Å². The third kappa shape index (κ3) is 3.12. The van der Waals surface area contributed by atoms with Gasteiger partial charge in [-0.05, 0) is 49.4 Å². The molecule has 0 atom stereocenters. The number of anilines is 2. The highest BCUT2D eigenvalue weighted by Gasteiger charge is 2.10. The zero-order valence-corrected chi connectivity index (χ0v) is 13.8. The summed E-state index contributed by atoms with van der Waals surface area (Å²) in [7, 11) is 1.95. The Morgan fingerprint density at radius 2 is 1.62 bits per heavy atom. The first-order valence-electron chi connectivity index (χ1n) is 7.56. The lowest BCUT2D eigenvalue weighted by molar-refractivity contribution is -0.114. The Morgan fingerprint density at radius 3 is 2.25 bits per heavy atom. The Balaban J connectivity index is 1.78. The van der Waals surface area contributed by atoms with E-state index in [0.29, 0.717) is 16.9 Å². The van der Waals surface area contributed by atoms with Gasteiger partial charge in [0, 0.05) is 30.9 Å². The second-order valence-corrected chi connectivity index (χ2v) is 5.63. The molecule has 6 heteroatoms. The fraction of sp³-hybridized carbons (Fsp3) is 0.167. The highest BCUT2D eigenvalue weighted by Crippen LogP contribution is 2.18. The topological polar surface area (TPSA) is 76.0 Å². The molecule has 3 rings (SSSR count). The Morgan fingerprint density at radius 1 is 1.00 bits per heavy atom. The van der Waals surface area contributed by atoms with Gasteiger partial charge in [0.1, 0.15) is 5.82 Å². The first-order chi connectivity index (χ1) is 11.4. The maximum Gasteiger partial charge on any atom is 0.255 e. The normalized spacial score (nSPS) is 10.6. The second kappa shape index (κ2) is 6.16. The minimum Gasteiger partial charge on any atom is -0.331 e. The van der Waals surface area contributed by atoms with Crippen molar-refractivity contribution >= 4 is 34.2 Å². The molecule has 0 aliphatic heterocycles. The molecule has 2 N–H and O–H groups in total. The molecular weight excluding hydrogens is 304 g/mol. The summed E-state index contributed by atoms with van der Waals surface area (Å²) < 4.78 is 1.98. The molecule has 1 heterocycles. The van der Waals surface area contributed by atoms with E-state index in [1.54, 1.807) is 36.4 Å². The summed E-state index contributed by atoms with van der Waals surface area (Å²) in [5.41, 5.74) is 3.68. The van der Waals surface area contributed by atoms with Crippen LogP contribution in [0.2, 0.25) is 0 Å². The third-order valence-corrected chi connectivity index (χ3v) is 3.83. The molecule has 0 spiro atoms. The highest BCUT2D eigenvalue weighted by molar-refractivity contribution is 6.06. The molecule has 0 saturated heterocycles. The van der Waals surface area contributed by atoms with Gasteiger partial charge in [-0.2, -0.15) is 0 Å². The smallest absolute Gasteiger partial charge is 0.255 e. The molecule has 122 valence electrons. The van der Waals surface area contributed by atoms with Crippen LogP contribution in [0.25, 0.3) is 11.0 Å². The maximum atomic E-state index is 12.4. The van der Waals surface area contributed by atoms with Crippen molar-refractivity contribution in [1.29, 1.82) is 0 Å². The van der Waals surface area contributed by atoms with Crippen molar-refractivity contribution in [1.82, 2.24) is 9.55 Å². The number of imidazole rings is 1. The quantitative estimate of drug-likeness (QED) is 0.778. The number of nitrogens with zero attached hydrogens (tertiary/aromatic N) is 2. The van der Waals surface area contributed by atoms with E-state index < -0.39 is 0 Å². The molecule has 0 unspecified atom stereocenters. The van der Waals surface area contributed by atoms with Crippen LogP contribution in [0.4, 0.5) is 11.4 Å². The lowest BCUT2D eigenvalue weighted by Gasteiger charge is -2.07. The van der Waals surface area contributed by atoms with Gasteiger partial charge < -0.3 is 15.2 Å². The van der Waals surface area contributed by atoms with Gasteiger partial charge in [0.15, 0.2) is 0 Å². The number of aromatic nitrogens is 2. The SMILES string of the molecule is CC(=O)Nc1ccc(NC(=O)c2ccc3c(c2)nc(C)n3C)cc1. The van der Waals surface area contributed by atoms with Gasteiger partial charge in [-0.15, -0.1) is 0 Å². The van der Waals surface area contributed by atoms with Gasteiger partial charge in [0.05, 0.1) is 11.0 Å². The van der Waals surface area contributed by atoms with Gasteiger partial charge in [-0.25, -0.2) is 4.98 Å². The number of hydrogen-bond donors (Lipinski definition) is 2. The molecule has 24 heavy (non-hydrogen) atoms. The molecule has 0 aliphatic carbocycles. The van der Waals surface area contributed by atoms with Crippen LogP contribution in [0.15, 0.2) is 42.5 Å². The summed E-state index contributed by atoms with van der Waals surface area (Å²) in [6.07, 6.45) is 0. The Bertz CT molecular complexity index is 926. The highest BCUT2D eigenvalue weighted by atomic mass is 16.2. The Hall–Kier alpha value is -3.15. The average Bonchev–Trinajstić information content (AvgIpc) is 2.83. The largest absolute Gasteiger partial charge is 0.331 e. The van der Waals surface area contributed by atoms with Crippen molar-refractivity contribution in [3.05, 3.63) is 53.9 Å². The summed E-state index contributed by atoms with van der Waals surface area (Å²) in [4.78, 5) is 27.8. The number of fused-ring (bicyclic) bond motifs is 1. The van der Waals surface area contributed by atoms with Crippen LogP contribution in [-0.2, 0) is 11.8 Å². The van der Waals surface area contributed by atoms with Crippen LogP contribution in [0.1, 0.15) is 23.1 Å². The predicted molar refractivity (Wildman–Crippen MR) is 94.1 cm³/mol. The molecule has 0 saturated carbocycles. The molecular formula is C18H18N4O2. The molecule has 0 bridgehead atoms. The summed E-state index contributed by atoms with van der Waals surface area (Å²) in [6, 6.07) is 12.4. The van der Waals surface area contributed by atoms with Crippen LogP contribution < -0.4 is 10.6 Å². The maximum absolute atomic E-state index is 12.4. The van der Waals surface area contributed by atoms with E-state index in [1.165, 1.54) is 6.92 Å². The second-order valence-electron chi connectivity index (χ2n) is 5.63. The lowest BCUT2D eigenvalue weighted by atomic mass is 10.2. The van der Waals surface area contributed by atoms with Crippen LogP contribution in [0.5, 0.6) is 0 Å². The van der Waals surface area contributed by atoms with Crippen molar-refractivity contribution in [3.63, 3.8) is 0 Å². The first kappa shape index (κ1) is 15.7. The van der Waals surface area contributed by atoms with E-state index in [9.17, 15) is 9.59 Å². The van der Waals surface area contributed by atoms with E-state index in [0.717, 1.165) is 16.9 Å².